The van der Waals surface area contributed by atoms with Crippen molar-refractivity contribution in [3.63, 3.8) is 0 Å². The van der Waals surface area contributed by atoms with E-state index in [9.17, 15) is 10.2 Å². The van der Waals surface area contributed by atoms with E-state index >= 15 is 0 Å². The molecule has 8 rings (SSSR count). The fourth-order valence-electron chi connectivity index (χ4n) is 10.1. The third-order valence-corrected chi connectivity index (χ3v) is 15.2. The number of hydrogen-bond donors (Lipinski definition) is 2. The van der Waals surface area contributed by atoms with Gasteiger partial charge in [-0.1, -0.05) is 103 Å². The molecule has 0 atom stereocenters. The summed E-state index contributed by atoms with van der Waals surface area (Å²) in [7, 11) is 8.24. The zero-order valence-electron chi connectivity index (χ0n) is 58.6. The zero-order valence-corrected chi connectivity index (χ0v) is 70.0. The van der Waals surface area contributed by atoms with Crippen LogP contribution in [0, 0.1) is 0 Å². The van der Waals surface area contributed by atoms with Crippen LogP contribution in [0.4, 0.5) is 22.7 Å². The number of aliphatic hydroxyl groups excluding tert-OH is 2. The van der Waals surface area contributed by atoms with Crippen molar-refractivity contribution in [2.24, 2.45) is 0 Å². The number of unbranched alkanes of at least 4 members (excludes halogenated alkanes) is 2. The summed E-state index contributed by atoms with van der Waals surface area (Å²) in [5.74, 6) is 0. The summed E-state index contributed by atoms with van der Waals surface area (Å²) >= 11 is 0. The van der Waals surface area contributed by atoms with Crippen molar-refractivity contribution in [1.29, 1.82) is 0 Å². The average molecular weight is 1570 g/mol. The molecular formula is C80H108N8O2Y4+4. The number of aryl methyl sites for hydroxylation is 4. The second-order valence-electron chi connectivity index (χ2n) is 22.9. The van der Waals surface area contributed by atoms with Crippen LogP contribution in [0.1, 0.15) is 138 Å². The second-order valence-corrected chi connectivity index (χ2v) is 22.9. The molecule has 4 heterocycles. The summed E-state index contributed by atoms with van der Waals surface area (Å²) < 4.78 is 9.17. The Bertz CT molecular complexity index is 3340. The maximum absolute atomic E-state index is 9.22. The van der Waals surface area contributed by atoms with Crippen molar-refractivity contribution in [1.82, 2.24) is 0 Å². The van der Waals surface area contributed by atoms with E-state index in [0.717, 1.165) is 65.0 Å². The molecule has 2 N–H and O–H groups in total. The minimum atomic E-state index is 0. The molecule has 8 aromatic rings. The van der Waals surface area contributed by atoms with Crippen molar-refractivity contribution in [2.45, 2.75) is 119 Å². The molecule has 0 amide bonds. The third kappa shape index (κ3) is 33.0. The number of aliphatic hydroxyl groups is 2. The number of rotatable bonds is 30. The van der Waals surface area contributed by atoms with Gasteiger partial charge in [0.1, 0.15) is 26.2 Å². The van der Waals surface area contributed by atoms with Gasteiger partial charge in [0.2, 0.25) is 22.8 Å². The number of pyridine rings is 4. The number of aromatic nitrogens is 4. The molecular weight excluding hydrogens is 1460 g/mol. The van der Waals surface area contributed by atoms with Gasteiger partial charge >= 0.3 is 0 Å². The van der Waals surface area contributed by atoms with Gasteiger partial charge in [-0.05, 0) is 132 Å². The first-order chi connectivity index (χ1) is 44.0. The summed E-state index contributed by atoms with van der Waals surface area (Å²) in [4.78, 5) is 8.67. The predicted molar refractivity (Wildman–Crippen MR) is 386 cm³/mol. The Kier molecular flexibility index (Phi) is 49.6. The summed E-state index contributed by atoms with van der Waals surface area (Å²) in [6.07, 6.45) is 35.2. The van der Waals surface area contributed by atoms with E-state index in [-0.39, 0.29) is 144 Å². The molecule has 0 bridgehead atoms. The Morgan fingerprint density at radius 3 is 0.766 bits per heavy atom. The number of hydrogen-bond acceptors (Lipinski definition) is 6. The predicted octanol–water partition coefficient (Wildman–Crippen LogP) is 15.5. The van der Waals surface area contributed by atoms with Crippen molar-refractivity contribution in [2.75, 3.05) is 87.2 Å². The molecule has 0 fully saturated rings. The quantitative estimate of drug-likeness (QED) is 0.0437. The summed E-state index contributed by atoms with van der Waals surface area (Å²) in [6, 6.07) is 59.6. The fraction of sp³-hybridized carbons (Fsp3) is 0.350. The first-order valence-corrected chi connectivity index (χ1v) is 33.1. The van der Waals surface area contributed by atoms with Crippen LogP contribution in [0.3, 0.4) is 0 Å². The minimum absolute atomic E-state index is 0. The van der Waals surface area contributed by atoms with Crippen LogP contribution < -0.4 is 37.9 Å². The van der Waals surface area contributed by atoms with Crippen LogP contribution >= 0.6 is 0 Å². The Labute approximate surface area is 668 Å². The number of anilines is 4. The molecule has 0 saturated heterocycles. The van der Waals surface area contributed by atoms with E-state index in [1.165, 1.54) is 93.5 Å². The molecule has 0 unspecified atom stereocenters. The first kappa shape index (κ1) is 88.0. The van der Waals surface area contributed by atoms with E-state index in [1.54, 1.807) is 0 Å². The molecule has 0 aliphatic heterocycles. The van der Waals surface area contributed by atoms with Crippen LogP contribution in [0.5, 0.6) is 0 Å². The van der Waals surface area contributed by atoms with E-state index in [2.05, 4.69) is 351 Å². The molecule has 0 spiro atoms. The van der Waals surface area contributed by atoms with Gasteiger partial charge in [-0.15, -0.1) is 0 Å². The molecule has 94 heavy (non-hydrogen) atoms. The normalized spacial score (nSPS) is 10.6. The Balaban J connectivity index is 0.000000620. The van der Waals surface area contributed by atoms with Crippen molar-refractivity contribution >= 4 is 71.4 Å². The van der Waals surface area contributed by atoms with Gasteiger partial charge in [0, 0.05) is 306 Å². The zero-order chi connectivity index (χ0) is 64.6. The third-order valence-electron chi connectivity index (χ3n) is 15.2. The molecule has 0 aliphatic rings. The first-order valence-electron chi connectivity index (χ1n) is 33.1. The molecule has 0 saturated carbocycles. The van der Waals surface area contributed by atoms with Crippen molar-refractivity contribution in [3.05, 3.63) is 240 Å². The Hall–Kier alpha value is -4.02. The molecule has 488 valence electrons. The van der Waals surface area contributed by atoms with Gasteiger partial charge < -0.3 is 29.8 Å². The second kappa shape index (κ2) is 53.0. The van der Waals surface area contributed by atoms with E-state index in [1.807, 2.05) is 0 Å². The maximum atomic E-state index is 9.22. The fourth-order valence-corrected chi connectivity index (χ4v) is 10.1. The molecule has 10 nitrogen and oxygen atoms in total. The van der Waals surface area contributed by atoms with Gasteiger partial charge in [-0.3, -0.25) is 0 Å². The molecule has 14 heteroatoms. The largest absolute Gasteiger partial charge is 0.395 e. The molecule has 4 aromatic carbocycles. The summed E-state index contributed by atoms with van der Waals surface area (Å²) in [5.41, 5.74) is 14.6. The number of benzene rings is 4. The van der Waals surface area contributed by atoms with Crippen molar-refractivity contribution < 1.29 is 159 Å². The van der Waals surface area contributed by atoms with Crippen LogP contribution in [0.15, 0.2) is 195 Å². The maximum Gasteiger partial charge on any atom is 0.205 e. The molecule has 4 radical (unpaired) electrons. The van der Waals surface area contributed by atoms with Crippen LogP contribution in [-0.4, -0.2) is 77.8 Å². The van der Waals surface area contributed by atoms with E-state index < -0.39 is 0 Å². The van der Waals surface area contributed by atoms with Crippen LogP contribution in [-0.2, 0) is 157 Å². The van der Waals surface area contributed by atoms with E-state index in [4.69, 9.17) is 0 Å². The smallest absolute Gasteiger partial charge is 0.205 e. The topological polar surface area (TPSA) is 68.9 Å². The van der Waals surface area contributed by atoms with Crippen molar-refractivity contribution in [3.8, 4) is 0 Å². The monoisotopic (exact) mass is 1570 g/mol. The van der Waals surface area contributed by atoms with Crippen LogP contribution in [0.25, 0.3) is 48.6 Å². The standard InChI is InChI=1S/C22H31N2O.C21H29N2O.C19H25N2.C18H23N2.4Y/c1-3-5-16-24-17-7-6-8-21(24)12-9-20-10-13-22(14-11-20)23(15-4-2)18-19-25;1-3-14-22-16-6-5-7-20(22)11-8-19-9-12-21(13-10-19)23(15-4-2)17-18-24;1-4-5-15-21-16-7-6-8-19(21)14-11-17-9-12-18(13-10-17)20(2)3;1-4-14-20-15-6-5-7-18(20)13-10-16-8-11-17(12-9-16)19(2)3;;;;/h6-14,17,25H,3-5,15-16,18-19H2,1-2H3;5-13,16,24H,3-4,14-15,17-18H2,1-2H3;6-14,16H,4-5,15H2,1-3H3;5-13,15H,4,14H2,1-3H3;;;;/q4*+1;;;;. The SMILES string of the molecule is CCCC[n+]1ccccc1/C=C/c1ccc(N(C)C)cc1.CCCC[n+]1ccccc1/C=C/c1ccc(N(CCC)CCO)cc1.CCCN(CCO)c1ccc(/C=C/c2cccc[n+]2CCC)cc1.CCC[n+]1ccccc1/C=C/c1ccc(N(C)C)cc1.[Y].[Y].[Y].[Y]. The Morgan fingerprint density at radius 1 is 0.287 bits per heavy atom. The van der Waals surface area contributed by atoms with Gasteiger partial charge in [0.25, 0.3) is 0 Å². The van der Waals surface area contributed by atoms with Crippen LogP contribution in [0.2, 0.25) is 0 Å². The van der Waals surface area contributed by atoms with Gasteiger partial charge in [-0.2, -0.15) is 18.3 Å². The molecule has 0 aliphatic carbocycles. The van der Waals surface area contributed by atoms with Gasteiger partial charge in [0.05, 0.1) is 13.2 Å². The summed E-state index contributed by atoms with van der Waals surface area (Å²) in [6.45, 7) is 21.1. The average Bonchev–Trinajstić information content (AvgIpc) is 1.21. The summed E-state index contributed by atoms with van der Waals surface area (Å²) in [5, 5.41) is 18.4. The number of nitrogens with zero attached hydrogens (tertiary/aromatic N) is 8. The van der Waals surface area contributed by atoms with Gasteiger partial charge in [0.15, 0.2) is 24.8 Å². The van der Waals surface area contributed by atoms with Gasteiger partial charge in [-0.25, -0.2) is 0 Å². The Morgan fingerprint density at radius 2 is 0.543 bits per heavy atom. The minimum Gasteiger partial charge on any atom is -0.395 e. The molecule has 4 aromatic heterocycles. The van der Waals surface area contributed by atoms with E-state index in [0.29, 0.717) is 13.1 Å².